The Morgan fingerprint density at radius 3 is 1.80 bits per heavy atom. The van der Waals surface area contributed by atoms with Crippen molar-refractivity contribution in [2.75, 3.05) is 69.2 Å². The van der Waals surface area contributed by atoms with E-state index in [4.69, 9.17) is 0 Å². The summed E-state index contributed by atoms with van der Waals surface area (Å²) in [5.41, 5.74) is 0. The van der Waals surface area contributed by atoms with E-state index < -0.39 is 21.7 Å². The van der Waals surface area contributed by atoms with Crippen LogP contribution in [-0.4, -0.2) is 87.0 Å². The minimum atomic E-state index is -3.96. The van der Waals surface area contributed by atoms with Crippen molar-refractivity contribution in [1.29, 1.82) is 0 Å². The monoisotopic (exact) mass is 438 g/mol. The molecule has 162 valence electrons. The van der Waals surface area contributed by atoms with Crippen LogP contribution in [-0.2, 0) is 10.0 Å². The second-order valence-corrected chi connectivity index (χ2v) is 9.46. The second-order valence-electron chi connectivity index (χ2n) is 7.52. The third kappa shape index (κ3) is 4.37. The number of rotatable bonds is 4. The smallest absolute Gasteiger partial charge is 0.243 e. The zero-order chi connectivity index (χ0) is 21.3. The van der Waals surface area contributed by atoms with E-state index in [1.807, 2.05) is 11.0 Å². The fourth-order valence-corrected chi connectivity index (χ4v) is 5.17. The average Bonchev–Trinajstić information content (AvgIpc) is 2.74. The van der Waals surface area contributed by atoms with Crippen LogP contribution in [0.1, 0.15) is 0 Å². The van der Waals surface area contributed by atoms with Crippen LogP contribution < -0.4 is 9.80 Å². The van der Waals surface area contributed by atoms with Gasteiger partial charge < -0.3 is 14.7 Å². The summed E-state index contributed by atoms with van der Waals surface area (Å²) < 4.78 is 53.7. The molecule has 0 atom stereocenters. The number of nitrogens with zero attached hydrogens (tertiary/aromatic N) is 6. The summed E-state index contributed by atoms with van der Waals surface area (Å²) in [5.74, 6) is -0.222. The molecule has 0 saturated carbocycles. The van der Waals surface area contributed by atoms with Gasteiger partial charge in [-0.2, -0.15) is 4.31 Å². The lowest BCUT2D eigenvalue weighted by Crippen LogP contribution is -2.49. The van der Waals surface area contributed by atoms with Crippen LogP contribution in [0.5, 0.6) is 0 Å². The number of halogens is 2. The van der Waals surface area contributed by atoms with E-state index in [0.717, 1.165) is 49.9 Å². The summed E-state index contributed by atoms with van der Waals surface area (Å²) in [4.78, 5) is 14.8. The lowest BCUT2D eigenvalue weighted by Gasteiger charge is -2.36. The Bertz CT molecular complexity index is 986. The number of hydrogen-bond acceptors (Lipinski definition) is 7. The van der Waals surface area contributed by atoms with Gasteiger partial charge in [-0.05, 0) is 19.2 Å². The standard InChI is InChI=1S/C19H24F2N6O2S/c1-24-2-4-25(5-3-24)18-13-19(23-14-22-18)26-6-8-27(9-7-26)30(28,29)17-11-15(20)10-16(21)12-17/h10-14H,2-9H2,1H3. The molecule has 0 radical (unpaired) electrons. The molecule has 0 N–H and O–H groups in total. The number of piperazine rings is 2. The maximum absolute atomic E-state index is 13.5. The molecule has 1 aromatic carbocycles. The molecule has 2 aromatic rings. The quantitative estimate of drug-likeness (QED) is 0.706. The molecule has 0 unspecified atom stereocenters. The van der Waals surface area contributed by atoms with Gasteiger partial charge in [-0.15, -0.1) is 0 Å². The highest BCUT2D eigenvalue weighted by atomic mass is 32.2. The van der Waals surface area contributed by atoms with Crippen LogP contribution in [0, 0.1) is 11.6 Å². The molecule has 2 aliphatic rings. The molecular weight excluding hydrogens is 414 g/mol. The van der Waals surface area contributed by atoms with E-state index >= 15 is 0 Å². The molecule has 4 rings (SSSR count). The summed E-state index contributed by atoms with van der Waals surface area (Å²) >= 11 is 0. The fraction of sp³-hybridized carbons (Fsp3) is 0.474. The third-order valence-corrected chi connectivity index (χ3v) is 7.38. The average molecular weight is 439 g/mol. The predicted octanol–water partition coefficient (Wildman–Crippen LogP) is 1.02. The number of anilines is 2. The number of likely N-dealkylation sites (N-methyl/N-ethyl adjacent to an activating group) is 1. The molecule has 1 aromatic heterocycles. The first kappa shape index (κ1) is 20.9. The van der Waals surface area contributed by atoms with E-state index in [-0.39, 0.29) is 18.0 Å². The van der Waals surface area contributed by atoms with Gasteiger partial charge in [0.25, 0.3) is 0 Å². The molecule has 2 fully saturated rings. The zero-order valence-electron chi connectivity index (χ0n) is 16.7. The van der Waals surface area contributed by atoms with Gasteiger partial charge in [-0.3, -0.25) is 0 Å². The van der Waals surface area contributed by atoms with Crippen molar-refractivity contribution in [3.63, 3.8) is 0 Å². The van der Waals surface area contributed by atoms with E-state index in [1.54, 1.807) is 0 Å². The zero-order valence-corrected chi connectivity index (χ0v) is 17.5. The highest BCUT2D eigenvalue weighted by Crippen LogP contribution is 2.23. The first-order valence-electron chi connectivity index (χ1n) is 9.80. The molecule has 2 aliphatic heterocycles. The van der Waals surface area contributed by atoms with Crippen molar-refractivity contribution < 1.29 is 17.2 Å². The molecule has 11 heteroatoms. The Morgan fingerprint density at radius 2 is 1.27 bits per heavy atom. The second kappa shape index (κ2) is 8.40. The Hall–Kier alpha value is -2.37. The highest BCUT2D eigenvalue weighted by molar-refractivity contribution is 7.89. The van der Waals surface area contributed by atoms with Gasteiger partial charge in [-0.1, -0.05) is 0 Å². The van der Waals surface area contributed by atoms with Crippen LogP contribution in [0.4, 0.5) is 20.4 Å². The normalized spacial score (nSPS) is 19.3. The Labute approximate surface area is 174 Å². The predicted molar refractivity (Wildman–Crippen MR) is 109 cm³/mol. The molecule has 0 aliphatic carbocycles. The van der Waals surface area contributed by atoms with Crippen molar-refractivity contribution in [3.8, 4) is 0 Å². The molecule has 0 bridgehead atoms. The summed E-state index contributed by atoms with van der Waals surface area (Å²) in [5, 5.41) is 0. The lowest BCUT2D eigenvalue weighted by molar-refractivity contribution is 0.312. The molecule has 0 amide bonds. The Balaban J connectivity index is 1.44. The van der Waals surface area contributed by atoms with Gasteiger partial charge in [0.05, 0.1) is 4.90 Å². The van der Waals surface area contributed by atoms with Crippen LogP contribution in [0.25, 0.3) is 0 Å². The van der Waals surface area contributed by atoms with Crippen molar-refractivity contribution >= 4 is 21.7 Å². The molecule has 30 heavy (non-hydrogen) atoms. The van der Waals surface area contributed by atoms with Crippen LogP contribution in [0.3, 0.4) is 0 Å². The topological polar surface area (TPSA) is 72.9 Å². The molecular formula is C19H24F2N6O2S. The maximum atomic E-state index is 13.5. The lowest BCUT2D eigenvalue weighted by atomic mass is 10.3. The van der Waals surface area contributed by atoms with Crippen LogP contribution in [0.15, 0.2) is 35.5 Å². The first-order valence-corrected chi connectivity index (χ1v) is 11.2. The Kier molecular flexibility index (Phi) is 5.85. The minimum Gasteiger partial charge on any atom is -0.354 e. The van der Waals surface area contributed by atoms with Crippen molar-refractivity contribution in [2.45, 2.75) is 4.90 Å². The number of benzene rings is 1. The fourth-order valence-electron chi connectivity index (χ4n) is 3.70. The first-order chi connectivity index (χ1) is 14.3. The van der Waals surface area contributed by atoms with Gasteiger partial charge in [0.1, 0.15) is 29.6 Å². The highest BCUT2D eigenvalue weighted by Gasteiger charge is 2.30. The van der Waals surface area contributed by atoms with Crippen molar-refractivity contribution in [2.24, 2.45) is 0 Å². The summed E-state index contributed by atoms with van der Waals surface area (Å²) in [6, 6.07) is 4.27. The van der Waals surface area contributed by atoms with Gasteiger partial charge in [-0.25, -0.2) is 27.2 Å². The van der Waals surface area contributed by atoms with Crippen LogP contribution >= 0.6 is 0 Å². The molecule has 3 heterocycles. The van der Waals surface area contributed by atoms with Gasteiger partial charge >= 0.3 is 0 Å². The summed E-state index contributed by atoms with van der Waals surface area (Å²) in [6.07, 6.45) is 1.53. The molecule has 2 saturated heterocycles. The summed E-state index contributed by atoms with van der Waals surface area (Å²) in [6.45, 7) is 4.98. The largest absolute Gasteiger partial charge is 0.354 e. The maximum Gasteiger partial charge on any atom is 0.243 e. The molecule has 8 nitrogen and oxygen atoms in total. The van der Waals surface area contributed by atoms with E-state index in [2.05, 4.69) is 26.8 Å². The van der Waals surface area contributed by atoms with Crippen molar-refractivity contribution in [3.05, 3.63) is 42.2 Å². The van der Waals surface area contributed by atoms with Crippen molar-refractivity contribution in [1.82, 2.24) is 19.2 Å². The Morgan fingerprint density at radius 1 is 0.767 bits per heavy atom. The minimum absolute atomic E-state index is 0.203. The van der Waals surface area contributed by atoms with Crippen LogP contribution in [0.2, 0.25) is 0 Å². The van der Waals surface area contributed by atoms with Gasteiger partial charge in [0.2, 0.25) is 10.0 Å². The van der Waals surface area contributed by atoms with Gasteiger partial charge in [0.15, 0.2) is 0 Å². The van der Waals surface area contributed by atoms with Gasteiger partial charge in [0, 0.05) is 64.5 Å². The SMILES string of the molecule is CN1CCN(c2cc(N3CCN(S(=O)(=O)c4cc(F)cc(F)c4)CC3)ncn2)CC1. The summed E-state index contributed by atoms with van der Waals surface area (Å²) in [7, 11) is -1.87. The van der Waals surface area contributed by atoms with E-state index in [1.165, 1.54) is 10.6 Å². The number of sulfonamides is 1. The van der Waals surface area contributed by atoms with E-state index in [0.29, 0.717) is 19.2 Å². The third-order valence-electron chi connectivity index (χ3n) is 5.50. The number of hydrogen-bond donors (Lipinski definition) is 0. The number of aromatic nitrogens is 2. The molecule has 0 spiro atoms. The van der Waals surface area contributed by atoms with E-state index in [9.17, 15) is 17.2 Å².